The van der Waals surface area contributed by atoms with Crippen molar-refractivity contribution in [3.05, 3.63) is 39.3 Å². The van der Waals surface area contributed by atoms with Gasteiger partial charge in [-0.05, 0) is 45.2 Å². The second kappa shape index (κ2) is 5.12. The highest BCUT2D eigenvalue weighted by atomic mass is 79.9. The molecule has 4 nitrogen and oxygen atoms in total. The smallest absolute Gasteiger partial charge is 0.222 e. The van der Waals surface area contributed by atoms with Gasteiger partial charge in [0.05, 0.1) is 11.0 Å². The Morgan fingerprint density at radius 2 is 2.18 bits per heavy atom. The maximum atomic E-state index is 10.3. The van der Waals surface area contributed by atoms with Crippen LogP contribution in [0.25, 0.3) is 0 Å². The van der Waals surface area contributed by atoms with Crippen molar-refractivity contribution in [1.29, 1.82) is 0 Å². The van der Waals surface area contributed by atoms with Crippen molar-refractivity contribution in [1.82, 2.24) is 9.97 Å². The van der Waals surface area contributed by atoms with Crippen LogP contribution >= 0.6 is 27.3 Å². The van der Waals surface area contributed by atoms with Crippen molar-refractivity contribution in [3.8, 4) is 0 Å². The van der Waals surface area contributed by atoms with Gasteiger partial charge in [-0.25, -0.2) is 9.97 Å². The van der Waals surface area contributed by atoms with Crippen molar-refractivity contribution in [2.75, 3.05) is 11.9 Å². The quantitative estimate of drug-likeness (QED) is 0.911. The molecule has 2 aromatic heterocycles. The number of nitrogens with zero attached hydrogens (tertiary/aromatic N) is 2. The van der Waals surface area contributed by atoms with E-state index in [1.165, 1.54) is 0 Å². The molecular weight excluding hydrogens is 302 g/mol. The van der Waals surface area contributed by atoms with E-state index >= 15 is 0 Å². The first-order valence-electron chi connectivity index (χ1n) is 5.04. The molecule has 0 bridgehead atoms. The second-order valence-electron chi connectivity index (χ2n) is 3.86. The van der Waals surface area contributed by atoms with Crippen LogP contribution in [0.4, 0.5) is 5.95 Å². The largest absolute Gasteiger partial charge is 0.384 e. The summed E-state index contributed by atoms with van der Waals surface area (Å²) in [6.07, 6.45) is 3.32. The van der Waals surface area contributed by atoms with E-state index in [2.05, 4.69) is 31.2 Å². The van der Waals surface area contributed by atoms with E-state index < -0.39 is 5.60 Å². The Morgan fingerprint density at radius 1 is 1.47 bits per heavy atom. The summed E-state index contributed by atoms with van der Waals surface area (Å²) in [4.78, 5) is 8.17. The number of thiophene rings is 1. The molecular formula is C11H12BrN3OS. The van der Waals surface area contributed by atoms with Gasteiger partial charge in [0.15, 0.2) is 0 Å². The third-order valence-electron chi connectivity index (χ3n) is 2.35. The molecule has 0 aliphatic heterocycles. The number of aromatic nitrogens is 2. The SMILES string of the molecule is CC(O)(CNc1ncc(Br)cn1)c1ccsc1. The van der Waals surface area contributed by atoms with Gasteiger partial charge in [0.2, 0.25) is 5.95 Å². The Kier molecular flexibility index (Phi) is 3.76. The van der Waals surface area contributed by atoms with Crippen LogP contribution in [0.2, 0.25) is 0 Å². The average Bonchev–Trinajstić information content (AvgIpc) is 2.82. The van der Waals surface area contributed by atoms with Crippen LogP contribution < -0.4 is 5.32 Å². The summed E-state index contributed by atoms with van der Waals surface area (Å²) in [5.41, 5.74) is -0.0247. The van der Waals surface area contributed by atoms with Crippen LogP contribution in [0.3, 0.4) is 0 Å². The first-order valence-corrected chi connectivity index (χ1v) is 6.78. The van der Waals surface area contributed by atoms with Gasteiger partial charge in [0, 0.05) is 12.4 Å². The number of aliphatic hydroxyl groups is 1. The molecule has 0 aliphatic rings. The zero-order valence-electron chi connectivity index (χ0n) is 9.22. The molecule has 1 unspecified atom stereocenters. The van der Waals surface area contributed by atoms with Gasteiger partial charge >= 0.3 is 0 Å². The van der Waals surface area contributed by atoms with E-state index in [1.54, 1.807) is 30.7 Å². The summed E-state index contributed by atoms with van der Waals surface area (Å²) in [6.45, 7) is 2.13. The van der Waals surface area contributed by atoms with Crippen molar-refractivity contribution >= 4 is 33.2 Å². The third-order valence-corrected chi connectivity index (χ3v) is 3.45. The van der Waals surface area contributed by atoms with Crippen molar-refractivity contribution in [3.63, 3.8) is 0 Å². The molecule has 90 valence electrons. The Balaban J connectivity index is 2.00. The molecule has 17 heavy (non-hydrogen) atoms. The lowest BCUT2D eigenvalue weighted by atomic mass is 9.99. The minimum atomic E-state index is -0.920. The van der Waals surface area contributed by atoms with Gasteiger partial charge in [0.25, 0.3) is 0 Å². The van der Waals surface area contributed by atoms with E-state index in [1.807, 2.05) is 16.8 Å². The first kappa shape index (κ1) is 12.5. The molecule has 0 amide bonds. The van der Waals surface area contributed by atoms with Crippen molar-refractivity contribution in [2.24, 2.45) is 0 Å². The Morgan fingerprint density at radius 3 is 2.76 bits per heavy atom. The number of rotatable bonds is 4. The second-order valence-corrected chi connectivity index (χ2v) is 5.56. The summed E-state index contributed by atoms with van der Waals surface area (Å²) in [6, 6.07) is 1.91. The van der Waals surface area contributed by atoms with Gasteiger partial charge in [-0.3, -0.25) is 0 Å². The highest BCUT2D eigenvalue weighted by Gasteiger charge is 2.23. The predicted octanol–water partition coefficient (Wildman–Crippen LogP) is 2.62. The zero-order chi connectivity index (χ0) is 12.3. The molecule has 0 saturated carbocycles. The van der Waals surface area contributed by atoms with Crippen molar-refractivity contribution < 1.29 is 5.11 Å². The van der Waals surface area contributed by atoms with Gasteiger partial charge in [0.1, 0.15) is 5.60 Å². The highest BCUT2D eigenvalue weighted by molar-refractivity contribution is 9.10. The van der Waals surface area contributed by atoms with E-state index in [4.69, 9.17) is 0 Å². The topological polar surface area (TPSA) is 58.0 Å². The van der Waals surface area contributed by atoms with Gasteiger partial charge in [-0.2, -0.15) is 11.3 Å². The average molecular weight is 314 g/mol. The molecule has 2 rings (SSSR count). The van der Waals surface area contributed by atoms with E-state index in [-0.39, 0.29) is 0 Å². The molecule has 2 N–H and O–H groups in total. The molecule has 0 spiro atoms. The third kappa shape index (κ3) is 3.24. The molecule has 2 aromatic rings. The number of hydrogen-bond acceptors (Lipinski definition) is 5. The van der Waals surface area contributed by atoms with Crippen LogP contribution in [0.1, 0.15) is 12.5 Å². The molecule has 0 aromatic carbocycles. The highest BCUT2D eigenvalue weighted by Crippen LogP contribution is 2.23. The Hall–Kier alpha value is -0.980. The predicted molar refractivity (Wildman–Crippen MR) is 72.1 cm³/mol. The normalized spacial score (nSPS) is 14.3. The summed E-state index contributed by atoms with van der Waals surface area (Å²) in [5, 5.41) is 17.2. The standard InChI is InChI=1S/C11H12BrN3OS/c1-11(16,8-2-3-17-6-8)7-15-10-13-4-9(12)5-14-10/h2-6,16H,7H2,1H3,(H,13,14,15). The first-order chi connectivity index (χ1) is 8.08. The van der Waals surface area contributed by atoms with Crippen LogP contribution in [0.15, 0.2) is 33.7 Å². The summed E-state index contributed by atoms with van der Waals surface area (Å²) in [7, 11) is 0. The Labute approximate surface area is 112 Å². The van der Waals surface area contributed by atoms with E-state index in [0.717, 1.165) is 10.0 Å². The Bertz CT molecular complexity index is 470. The lowest BCUT2D eigenvalue weighted by molar-refractivity contribution is 0.0718. The van der Waals surface area contributed by atoms with Crippen LogP contribution in [0, 0.1) is 0 Å². The molecule has 6 heteroatoms. The number of hydrogen-bond donors (Lipinski definition) is 2. The van der Waals surface area contributed by atoms with E-state index in [9.17, 15) is 5.11 Å². The van der Waals surface area contributed by atoms with Crippen LogP contribution in [-0.2, 0) is 5.60 Å². The fourth-order valence-corrected chi connectivity index (χ4v) is 2.32. The number of nitrogens with one attached hydrogen (secondary N) is 1. The summed E-state index contributed by atoms with van der Waals surface area (Å²) < 4.78 is 0.827. The molecule has 0 saturated heterocycles. The minimum Gasteiger partial charge on any atom is -0.384 e. The molecule has 0 fully saturated rings. The molecule has 0 radical (unpaired) electrons. The fraction of sp³-hybridized carbons (Fsp3) is 0.273. The minimum absolute atomic E-state index is 0.366. The summed E-state index contributed by atoms with van der Waals surface area (Å²) >= 11 is 4.83. The lowest BCUT2D eigenvalue weighted by Crippen LogP contribution is -2.30. The van der Waals surface area contributed by atoms with Crippen molar-refractivity contribution in [2.45, 2.75) is 12.5 Å². The fourth-order valence-electron chi connectivity index (χ4n) is 1.33. The maximum absolute atomic E-state index is 10.3. The molecule has 0 aliphatic carbocycles. The number of anilines is 1. The van der Waals surface area contributed by atoms with Gasteiger partial charge < -0.3 is 10.4 Å². The molecule has 1 atom stereocenters. The maximum Gasteiger partial charge on any atom is 0.222 e. The summed E-state index contributed by atoms with van der Waals surface area (Å²) in [5.74, 6) is 0.503. The lowest BCUT2D eigenvalue weighted by Gasteiger charge is -2.22. The van der Waals surface area contributed by atoms with Gasteiger partial charge in [-0.15, -0.1) is 0 Å². The number of halogens is 1. The molecule has 2 heterocycles. The van der Waals surface area contributed by atoms with Crippen LogP contribution in [-0.4, -0.2) is 21.6 Å². The van der Waals surface area contributed by atoms with Gasteiger partial charge in [-0.1, -0.05) is 0 Å². The van der Waals surface area contributed by atoms with E-state index in [0.29, 0.717) is 12.5 Å². The monoisotopic (exact) mass is 313 g/mol. The van der Waals surface area contributed by atoms with Crippen LogP contribution in [0.5, 0.6) is 0 Å². The zero-order valence-corrected chi connectivity index (χ0v) is 11.6.